The first-order valence-electron chi connectivity index (χ1n) is 4.78. The van der Waals surface area contributed by atoms with Crippen molar-refractivity contribution in [1.82, 2.24) is 0 Å². The Hall–Kier alpha value is -1.04. The van der Waals surface area contributed by atoms with Crippen molar-refractivity contribution in [2.45, 2.75) is 26.1 Å². The first kappa shape index (κ1) is 11.0. The number of hydrogen-bond acceptors (Lipinski definition) is 1. The summed E-state index contributed by atoms with van der Waals surface area (Å²) in [5, 5.41) is 10.4. The van der Waals surface area contributed by atoms with Crippen molar-refractivity contribution in [2.75, 3.05) is 0 Å². The fourth-order valence-electron chi connectivity index (χ4n) is 1.21. The second-order valence-electron chi connectivity index (χ2n) is 3.94. The standard InChI is InChI=1S/C12H16OSi/c1-11(13)9-10-14(2,3)12-7-5-4-6-8-12/h4-8,11,13H,1-3H3/t11-/m1/s1. The van der Waals surface area contributed by atoms with Gasteiger partial charge in [-0.1, -0.05) is 49.3 Å². The Morgan fingerprint density at radius 1 is 1.21 bits per heavy atom. The van der Waals surface area contributed by atoms with Crippen LogP contribution in [0.2, 0.25) is 13.1 Å². The van der Waals surface area contributed by atoms with Crippen molar-refractivity contribution in [3.8, 4) is 11.5 Å². The molecule has 0 fully saturated rings. The highest BCUT2D eigenvalue weighted by molar-refractivity contribution is 6.96. The van der Waals surface area contributed by atoms with E-state index in [1.165, 1.54) is 5.19 Å². The predicted octanol–water partition coefficient (Wildman–Crippen LogP) is 1.53. The number of aliphatic hydroxyl groups excluding tert-OH is 1. The van der Waals surface area contributed by atoms with Gasteiger partial charge in [-0.2, -0.15) is 0 Å². The average molecular weight is 204 g/mol. The van der Waals surface area contributed by atoms with E-state index in [-0.39, 0.29) is 0 Å². The van der Waals surface area contributed by atoms with Crippen LogP contribution in [0.5, 0.6) is 0 Å². The van der Waals surface area contributed by atoms with Crippen LogP contribution < -0.4 is 5.19 Å². The van der Waals surface area contributed by atoms with Crippen LogP contribution in [0.15, 0.2) is 30.3 Å². The van der Waals surface area contributed by atoms with Gasteiger partial charge in [0.1, 0.15) is 6.10 Å². The van der Waals surface area contributed by atoms with Crippen LogP contribution in [-0.2, 0) is 0 Å². The van der Waals surface area contributed by atoms with E-state index >= 15 is 0 Å². The summed E-state index contributed by atoms with van der Waals surface area (Å²) in [6.07, 6.45) is -0.523. The Balaban J connectivity index is 2.93. The molecule has 0 aliphatic carbocycles. The van der Waals surface area contributed by atoms with Crippen molar-refractivity contribution in [3.63, 3.8) is 0 Å². The van der Waals surface area contributed by atoms with Gasteiger partial charge in [0.2, 0.25) is 0 Å². The molecule has 0 aliphatic heterocycles. The zero-order chi connectivity index (χ0) is 10.6. The fourth-order valence-corrected chi connectivity index (χ4v) is 2.95. The summed E-state index contributed by atoms with van der Waals surface area (Å²) in [6.45, 7) is 6.08. The van der Waals surface area contributed by atoms with Gasteiger partial charge in [-0.05, 0) is 12.1 Å². The highest BCUT2D eigenvalue weighted by atomic mass is 28.3. The fraction of sp³-hybridized carbons (Fsp3) is 0.333. The Labute approximate surface area is 86.8 Å². The SMILES string of the molecule is C[C@@H](O)C#C[Si](C)(C)c1ccccc1. The highest BCUT2D eigenvalue weighted by Crippen LogP contribution is 2.01. The van der Waals surface area contributed by atoms with Gasteiger partial charge < -0.3 is 5.11 Å². The quantitative estimate of drug-likeness (QED) is 0.543. The molecule has 1 aromatic carbocycles. The molecule has 0 spiro atoms. The third kappa shape index (κ3) is 3.02. The van der Waals surface area contributed by atoms with E-state index in [0.717, 1.165) is 0 Å². The van der Waals surface area contributed by atoms with Crippen LogP contribution in [-0.4, -0.2) is 19.3 Å². The molecule has 14 heavy (non-hydrogen) atoms. The zero-order valence-corrected chi connectivity index (χ0v) is 9.91. The monoisotopic (exact) mass is 204 g/mol. The molecule has 2 heteroatoms. The van der Waals surface area contributed by atoms with Gasteiger partial charge in [0.15, 0.2) is 8.07 Å². The topological polar surface area (TPSA) is 20.2 Å². The lowest BCUT2D eigenvalue weighted by Gasteiger charge is -2.14. The van der Waals surface area contributed by atoms with Crippen LogP contribution in [0.4, 0.5) is 0 Å². The van der Waals surface area contributed by atoms with Crippen molar-refractivity contribution in [1.29, 1.82) is 0 Å². The minimum absolute atomic E-state index is 0.523. The lowest BCUT2D eigenvalue weighted by atomic mass is 10.4. The summed E-state index contributed by atoms with van der Waals surface area (Å²) in [6, 6.07) is 10.3. The lowest BCUT2D eigenvalue weighted by Crippen LogP contribution is -2.40. The molecule has 0 saturated carbocycles. The molecule has 0 unspecified atom stereocenters. The summed E-state index contributed by atoms with van der Waals surface area (Å²) >= 11 is 0. The van der Waals surface area contributed by atoms with Gasteiger partial charge in [0, 0.05) is 0 Å². The van der Waals surface area contributed by atoms with E-state index in [0.29, 0.717) is 0 Å². The number of hydrogen-bond donors (Lipinski definition) is 1. The maximum Gasteiger partial charge on any atom is 0.162 e. The lowest BCUT2D eigenvalue weighted by molar-refractivity contribution is 0.253. The van der Waals surface area contributed by atoms with Crippen molar-refractivity contribution < 1.29 is 5.11 Å². The molecule has 1 aromatic rings. The molecule has 1 rings (SSSR count). The molecule has 1 N–H and O–H groups in total. The number of rotatable bonds is 1. The van der Waals surface area contributed by atoms with E-state index < -0.39 is 14.2 Å². The van der Waals surface area contributed by atoms with E-state index in [4.69, 9.17) is 5.11 Å². The van der Waals surface area contributed by atoms with Crippen LogP contribution in [0.25, 0.3) is 0 Å². The summed E-state index contributed by atoms with van der Waals surface area (Å²) in [5.41, 5.74) is 3.21. The highest BCUT2D eigenvalue weighted by Gasteiger charge is 2.20. The molecule has 0 saturated heterocycles. The molecule has 1 atom stereocenters. The van der Waals surface area contributed by atoms with E-state index in [9.17, 15) is 0 Å². The summed E-state index contributed by atoms with van der Waals surface area (Å²) < 4.78 is 0. The van der Waals surface area contributed by atoms with Crippen molar-refractivity contribution in [3.05, 3.63) is 30.3 Å². The van der Waals surface area contributed by atoms with E-state index in [1.807, 2.05) is 18.2 Å². The Kier molecular flexibility index (Phi) is 3.51. The first-order valence-corrected chi connectivity index (χ1v) is 7.78. The Bertz CT molecular complexity index is 344. The maximum atomic E-state index is 9.11. The Morgan fingerprint density at radius 2 is 1.79 bits per heavy atom. The molecule has 0 heterocycles. The molecule has 74 valence electrons. The molecule has 0 amide bonds. The normalized spacial score (nSPS) is 12.9. The largest absolute Gasteiger partial charge is 0.381 e. The Morgan fingerprint density at radius 3 is 2.29 bits per heavy atom. The van der Waals surface area contributed by atoms with Crippen LogP contribution in [0.3, 0.4) is 0 Å². The molecule has 0 aromatic heterocycles. The predicted molar refractivity (Wildman–Crippen MR) is 63.0 cm³/mol. The van der Waals surface area contributed by atoms with Gasteiger partial charge in [0.05, 0.1) is 0 Å². The minimum Gasteiger partial charge on any atom is -0.381 e. The minimum atomic E-state index is -1.66. The first-order chi connectivity index (χ1) is 6.52. The molecule has 0 radical (unpaired) electrons. The number of benzene rings is 1. The van der Waals surface area contributed by atoms with Crippen LogP contribution in [0.1, 0.15) is 6.92 Å². The van der Waals surface area contributed by atoms with Gasteiger partial charge in [-0.3, -0.25) is 0 Å². The number of aliphatic hydroxyl groups is 1. The molecular formula is C12H16OSi. The average Bonchev–Trinajstić information content (AvgIpc) is 2.16. The van der Waals surface area contributed by atoms with E-state index in [2.05, 4.69) is 36.7 Å². The molecule has 0 aliphatic rings. The summed E-state index contributed by atoms with van der Waals surface area (Å²) in [5.74, 6) is 2.85. The summed E-state index contributed by atoms with van der Waals surface area (Å²) in [7, 11) is -1.66. The zero-order valence-electron chi connectivity index (χ0n) is 8.91. The third-order valence-electron chi connectivity index (χ3n) is 2.09. The van der Waals surface area contributed by atoms with Gasteiger partial charge in [-0.15, -0.1) is 5.54 Å². The van der Waals surface area contributed by atoms with Crippen molar-refractivity contribution in [2.24, 2.45) is 0 Å². The summed E-state index contributed by atoms with van der Waals surface area (Å²) in [4.78, 5) is 0. The van der Waals surface area contributed by atoms with E-state index in [1.54, 1.807) is 6.92 Å². The van der Waals surface area contributed by atoms with Gasteiger partial charge >= 0.3 is 0 Å². The van der Waals surface area contributed by atoms with Crippen LogP contribution >= 0.6 is 0 Å². The molecule has 0 bridgehead atoms. The van der Waals surface area contributed by atoms with Gasteiger partial charge in [0.25, 0.3) is 0 Å². The van der Waals surface area contributed by atoms with Crippen LogP contribution in [0, 0.1) is 11.5 Å². The van der Waals surface area contributed by atoms with Crippen molar-refractivity contribution >= 4 is 13.3 Å². The second-order valence-corrected chi connectivity index (χ2v) is 8.01. The third-order valence-corrected chi connectivity index (χ3v) is 4.64. The second kappa shape index (κ2) is 4.45. The smallest absolute Gasteiger partial charge is 0.162 e. The maximum absolute atomic E-state index is 9.11. The molecular weight excluding hydrogens is 188 g/mol. The molecule has 1 nitrogen and oxygen atoms in total. The van der Waals surface area contributed by atoms with Gasteiger partial charge in [-0.25, -0.2) is 0 Å².